The second kappa shape index (κ2) is 11.9. The number of ether oxygens (including phenoxy) is 2. The summed E-state index contributed by atoms with van der Waals surface area (Å²) in [5, 5.41) is 16.9. The van der Waals surface area contributed by atoms with Crippen molar-refractivity contribution >= 4 is 27.3 Å². The molecule has 222 valence electrons. The molecule has 1 atom stereocenters. The van der Waals surface area contributed by atoms with Crippen molar-refractivity contribution in [3.63, 3.8) is 0 Å². The molecule has 0 N–H and O–H groups in total. The van der Waals surface area contributed by atoms with Gasteiger partial charge in [-0.15, -0.1) is 11.3 Å². The van der Waals surface area contributed by atoms with Crippen molar-refractivity contribution in [1.82, 2.24) is 24.6 Å². The Balaban J connectivity index is 1.63. The van der Waals surface area contributed by atoms with Gasteiger partial charge in [-0.05, 0) is 36.6 Å². The molecule has 5 heterocycles. The molecular weight excluding hydrogens is 586 g/mol. The summed E-state index contributed by atoms with van der Waals surface area (Å²) in [6.07, 6.45) is 4.36. The van der Waals surface area contributed by atoms with Gasteiger partial charge in [0, 0.05) is 58.9 Å². The smallest absolute Gasteiger partial charge is 0.246 e. The minimum atomic E-state index is -0.823. The number of carbonyl (C=O) groups is 1. The Kier molecular flexibility index (Phi) is 7.90. The topological polar surface area (TPSA) is 106 Å². The van der Waals surface area contributed by atoms with Crippen molar-refractivity contribution in [3.05, 3.63) is 83.7 Å². The fourth-order valence-electron chi connectivity index (χ4n) is 5.38. The quantitative estimate of drug-likeness (QED) is 0.157. The number of hydrogen-bond donors (Lipinski definition) is 0. The van der Waals surface area contributed by atoms with Crippen molar-refractivity contribution in [2.24, 2.45) is 0 Å². The van der Waals surface area contributed by atoms with E-state index in [0.717, 1.165) is 17.8 Å². The molecule has 0 saturated carbocycles. The van der Waals surface area contributed by atoms with Gasteiger partial charge in [-0.25, -0.2) is 13.8 Å². The van der Waals surface area contributed by atoms with E-state index in [-0.39, 0.29) is 36.5 Å². The Labute approximate surface area is 255 Å². The van der Waals surface area contributed by atoms with E-state index in [2.05, 4.69) is 17.6 Å². The second-order valence-electron chi connectivity index (χ2n) is 10.2. The molecule has 9 nitrogen and oxygen atoms in total. The van der Waals surface area contributed by atoms with E-state index in [9.17, 15) is 14.4 Å². The average Bonchev–Trinajstić information content (AvgIpc) is 3.67. The number of pyridine rings is 2. The van der Waals surface area contributed by atoms with E-state index in [1.807, 2.05) is 29.1 Å². The summed E-state index contributed by atoms with van der Waals surface area (Å²) >= 11 is 1.36. The van der Waals surface area contributed by atoms with Gasteiger partial charge in [0.15, 0.2) is 0 Å². The number of methoxy groups -OCH3 is 1. The summed E-state index contributed by atoms with van der Waals surface area (Å²) in [5.41, 5.74) is 3.42. The molecule has 12 heteroatoms. The fraction of sp³-hybridized carbons (Fsp3) is 0.219. The van der Waals surface area contributed by atoms with Crippen molar-refractivity contribution < 1.29 is 23.0 Å². The zero-order valence-electron chi connectivity index (χ0n) is 23.9. The summed E-state index contributed by atoms with van der Waals surface area (Å²) in [4.78, 5) is 23.5. The number of amides is 1. The fourth-order valence-corrected chi connectivity index (χ4v) is 6.33. The highest BCUT2D eigenvalue weighted by Gasteiger charge is 2.30. The lowest BCUT2D eigenvalue weighted by Crippen LogP contribution is -2.44. The van der Waals surface area contributed by atoms with Crippen LogP contribution >= 0.6 is 11.3 Å². The number of carbonyl (C=O) groups excluding carboxylic acids is 1. The third-order valence-corrected chi connectivity index (χ3v) is 8.36. The number of hydrogen-bond acceptors (Lipinski definition) is 8. The Morgan fingerprint density at radius 3 is 2.82 bits per heavy atom. The molecule has 4 aromatic heterocycles. The van der Waals surface area contributed by atoms with Gasteiger partial charge in [-0.3, -0.25) is 14.5 Å². The van der Waals surface area contributed by atoms with Gasteiger partial charge < -0.3 is 14.4 Å². The number of nitriles is 1. The first kappa shape index (κ1) is 29.1. The minimum absolute atomic E-state index is 0.00135. The molecule has 5 aromatic rings. The van der Waals surface area contributed by atoms with Crippen LogP contribution in [-0.4, -0.2) is 56.9 Å². The highest BCUT2D eigenvalue weighted by molar-refractivity contribution is 7.18. The molecule has 1 amide bonds. The molecule has 0 saturated heterocycles. The SMILES string of the molecule is C=CC(=O)N1Cc2cc(-c3nc(-c4cncc(C#N)c4)c4ccsc4c3-c3c(F)cc(F)cc3OCCOC)nn2CC1C. The molecule has 0 spiro atoms. The molecular formula is C32H26F2N6O3S. The van der Waals surface area contributed by atoms with Gasteiger partial charge in [0.1, 0.15) is 41.4 Å². The number of fused-ring (bicyclic) bond motifs is 2. The van der Waals surface area contributed by atoms with Crippen LogP contribution in [0.3, 0.4) is 0 Å². The Morgan fingerprint density at radius 1 is 1.20 bits per heavy atom. The second-order valence-corrected chi connectivity index (χ2v) is 11.2. The lowest BCUT2D eigenvalue weighted by molar-refractivity contribution is -0.129. The predicted octanol–water partition coefficient (Wildman–Crippen LogP) is 5.98. The van der Waals surface area contributed by atoms with Crippen molar-refractivity contribution in [2.45, 2.75) is 26.1 Å². The summed E-state index contributed by atoms with van der Waals surface area (Å²) in [7, 11) is 1.51. The van der Waals surface area contributed by atoms with Gasteiger partial charge >= 0.3 is 0 Å². The number of rotatable bonds is 8. The number of benzene rings is 1. The summed E-state index contributed by atoms with van der Waals surface area (Å²) in [5.74, 6) is -1.80. The monoisotopic (exact) mass is 612 g/mol. The third kappa shape index (κ3) is 5.21. The first-order valence-corrected chi connectivity index (χ1v) is 14.6. The van der Waals surface area contributed by atoms with Crippen LogP contribution in [0.15, 0.2) is 60.8 Å². The number of nitrogens with zero attached hydrogens (tertiary/aromatic N) is 6. The van der Waals surface area contributed by atoms with Crippen LogP contribution in [0.1, 0.15) is 18.2 Å². The zero-order valence-corrected chi connectivity index (χ0v) is 24.7. The molecule has 0 bridgehead atoms. The largest absolute Gasteiger partial charge is 0.490 e. The summed E-state index contributed by atoms with van der Waals surface area (Å²) in [6.45, 7) is 6.56. The minimum Gasteiger partial charge on any atom is -0.490 e. The van der Waals surface area contributed by atoms with Crippen molar-refractivity contribution in [2.75, 3.05) is 20.3 Å². The summed E-state index contributed by atoms with van der Waals surface area (Å²) < 4.78 is 43.9. The number of aromatic nitrogens is 4. The molecule has 44 heavy (non-hydrogen) atoms. The van der Waals surface area contributed by atoms with Crippen molar-refractivity contribution in [1.29, 1.82) is 5.26 Å². The maximum absolute atomic E-state index is 15.9. The zero-order chi connectivity index (χ0) is 31.0. The molecule has 1 unspecified atom stereocenters. The Morgan fingerprint density at radius 2 is 2.05 bits per heavy atom. The van der Waals surface area contributed by atoms with Gasteiger partial charge in [0.25, 0.3) is 0 Å². The lowest BCUT2D eigenvalue weighted by atomic mass is 9.96. The van der Waals surface area contributed by atoms with E-state index in [1.165, 1.54) is 30.7 Å². The Bertz CT molecular complexity index is 1960. The van der Waals surface area contributed by atoms with Crippen LogP contribution in [0, 0.1) is 23.0 Å². The standard InChI is InChI=1S/C32H26F2N6O3S/c1-4-27(41)39-17-22-12-25(38-40(22)16-18(39)2)31-29(28-24(34)10-21(33)11-26(28)43-7-6-42-3)32-23(5-8-44-32)30(37-31)20-9-19(13-35)14-36-15-20/h4-5,8-12,14-15,18H,1,6-7,16-17H2,2-3H3. The number of halogens is 2. The van der Waals surface area contributed by atoms with Crippen LogP contribution in [0.4, 0.5) is 8.78 Å². The van der Waals surface area contributed by atoms with Gasteiger partial charge in [-0.1, -0.05) is 6.58 Å². The highest BCUT2D eigenvalue weighted by atomic mass is 32.1. The van der Waals surface area contributed by atoms with Crippen LogP contribution in [-0.2, 0) is 22.6 Å². The van der Waals surface area contributed by atoms with Crippen molar-refractivity contribution in [3.8, 4) is 45.6 Å². The molecule has 0 radical (unpaired) electrons. The predicted molar refractivity (Wildman–Crippen MR) is 162 cm³/mol. The van der Waals surface area contributed by atoms with E-state index in [4.69, 9.17) is 19.6 Å². The molecule has 0 fully saturated rings. The van der Waals surface area contributed by atoms with Gasteiger partial charge in [0.2, 0.25) is 5.91 Å². The van der Waals surface area contributed by atoms with Gasteiger partial charge in [-0.2, -0.15) is 10.4 Å². The van der Waals surface area contributed by atoms with E-state index >= 15 is 4.39 Å². The first-order chi connectivity index (χ1) is 21.3. The summed E-state index contributed by atoms with van der Waals surface area (Å²) in [6, 6.07) is 9.29. The molecule has 1 aromatic carbocycles. The van der Waals surface area contributed by atoms with Crippen LogP contribution in [0.5, 0.6) is 5.75 Å². The Hall–Kier alpha value is -4.99. The van der Waals surface area contributed by atoms with E-state index in [0.29, 0.717) is 56.9 Å². The van der Waals surface area contributed by atoms with E-state index in [1.54, 1.807) is 17.2 Å². The average molecular weight is 613 g/mol. The maximum atomic E-state index is 15.9. The molecule has 6 rings (SSSR count). The molecule has 1 aliphatic rings. The van der Waals surface area contributed by atoms with E-state index < -0.39 is 11.6 Å². The normalized spacial score (nSPS) is 14.3. The van der Waals surface area contributed by atoms with Crippen LogP contribution < -0.4 is 4.74 Å². The number of thiophene rings is 1. The van der Waals surface area contributed by atoms with Gasteiger partial charge in [0.05, 0.1) is 42.2 Å². The van der Waals surface area contributed by atoms with Crippen LogP contribution in [0.2, 0.25) is 0 Å². The lowest BCUT2D eigenvalue weighted by Gasteiger charge is -2.33. The highest BCUT2D eigenvalue weighted by Crippen LogP contribution is 2.47. The molecule has 1 aliphatic heterocycles. The maximum Gasteiger partial charge on any atom is 0.246 e. The molecule has 0 aliphatic carbocycles. The third-order valence-electron chi connectivity index (χ3n) is 7.43. The van der Waals surface area contributed by atoms with Crippen LogP contribution in [0.25, 0.3) is 43.9 Å². The first-order valence-electron chi connectivity index (χ1n) is 13.7.